The van der Waals surface area contributed by atoms with E-state index in [9.17, 15) is 43.5 Å². The molecule has 0 heterocycles. The molecule has 0 saturated carbocycles. The van der Waals surface area contributed by atoms with E-state index in [0.29, 0.717) is 114 Å². The summed E-state index contributed by atoms with van der Waals surface area (Å²) in [5, 5.41) is 27.0. The summed E-state index contributed by atoms with van der Waals surface area (Å²) in [6.07, 6.45) is 1.88. The maximum absolute atomic E-state index is 12.0. The first-order valence-corrected chi connectivity index (χ1v) is 27.0. The van der Waals surface area contributed by atoms with Gasteiger partial charge in [0.1, 0.15) is 23.4 Å². The van der Waals surface area contributed by atoms with Crippen molar-refractivity contribution < 1.29 is 77.0 Å². The molecule has 416 valence electrons. The molecule has 0 aliphatic carbocycles. The van der Waals surface area contributed by atoms with E-state index in [-0.39, 0.29) is 84.9 Å². The average molecular weight is 1060 g/mol. The fraction of sp³-hybridized carbons (Fsp3) is 0.840. The number of ether oxygens (including phenoxy) is 6. The number of aliphatic carboxylic acids is 2. The number of Topliss-reactive ketones (excluding diaryl/α,β-unsaturated/α-hetero) is 3. The molecule has 0 bridgehead atoms. The van der Waals surface area contributed by atoms with Crippen LogP contribution in [0.2, 0.25) is 0 Å². The average Bonchev–Trinajstić information content (AvgIpc) is 3.28. The number of hydrogen-bond donors (Lipinski definition) is 5. The molecule has 0 radical (unpaired) electrons. The number of ketones is 3. The first-order chi connectivity index (χ1) is 33.3. The fourth-order valence-electron chi connectivity index (χ4n) is 5.03. The maximum Gasteiger partial charge on any atom is 0.327 e. The largest absolute Gasteiger partial charge is 0.481 e. The van der Waals surface area contributed by atoms with Gasteiger partial charge in [-0.3, -0.25) is 33.6 Å². The number of carboxylic acid groups (broad SMARTS) is 2. The third kappa shape index (κ3) is 48.8. The van der Waals surface area contributed by atoms with Gasteiger partial charge in [0.05, 0.1) is 91.2 Å². The van der Waals surface area contributed by atoms with E-state index in [1.807, 2.05) is 83.1 Å². The van der Waals surface area contributed by atoms with Gasteiger partial charge in [-0.2, -0.15) is 23.5 Å². The molecule has 71 heavy (non-hydrogen) atoms. The lowest BCUT2D eigenvalue weighted by molar-refractivity contribution is -0.142. The molecule has 0 saturated heterocycles. The molecular formula is C50H93N3O16S2. The van der Waals surface area contributed by atoms with Crippen molar-refractivity contribution in [2.75, 3.05) is 90.8 Å². The second-order valence-corrected chi connectivity index (χ2v) is 21.5. The number of carboxylic acids is 2. The summed E-state index contributed by atoms with van der Waals surface area (Å²) in [4.78, 5) is 91.5. The molecule has 0 aromatic rings. The lowest BCUT2D eigenvalue weighted by atomic mass is 10.0. The third-order valence-corrected chi connectivity index (χ3v) is 12.0. The van der Waals surface area contributed by atoms with E-state index >= 15 is 0 Å². The third-order valence-electron chi connectivity index (χ3n) is 9.57. The van der Waals surface area contributed by atoms with Crippen LogP contribution in [-0.2, 0) is 66.8 Å². The van der Waals surface area contributed by atoms with Gasteiger partial charge in [-0.05, 0) is 31.3 Å². The summed E-state index contributed by atoms with van der Waals surface area (Å²) < 4.78 is 31.8. The molecule has 0 aliphatic rings. The van der Waals surface area contributed by atoms with Crippen LogP contribution >= 0.6 is 23.5 Å². The number of nitrogens with one attached hydrogen (secondary N) is 3. The predicted molar refractivity (Wildman–Crippen MR) is 279 cm³/mol. The Morgan fingerprint density at radius 3 is 0.958 bits per heavy atom. The van der Waals surface area contributed by atoms with E-state index in [1.165, 1.54) is 11.8 Å². The van der Waals surface area contributed by atoms with Crippen molar-refractivity contribution in [2.45, 2.75) is 157 Å². The highest BCUT2D eigenvalue weighted by Crippen LogP contribution is 2.16. The topological polar surface area (TPSA) is 268 Å². The Hall–Kier alpha value is -3.18. The quantitative estimate of drug-likeness (QED) is 0.0462. The van der Waals surface area contributed by atoms with Gasteiger partial charge in [0.2, 0.25) is 17.7 Å². The molecule has 3 amide bonds. The number of hydrogen-bond acceptors (Lipinski definition) is 16. The first-order valence-electron chi connectivity index (χ1n) is 24.9. The summed E-state index contributed by atoms with van der Waals surface area (Å²) in [7, 11) is 0. The van der Waals surface area contributed by atoms with Crippen LogP contribution in [0.25, 0.3) is 0 Å². The van der Waals surface area contributed by atoms with Crippen LogP contribution in [0, 0.1) is 23.7 Å². The molecule has 3 atom stereocenters. The lowest BCUT2D eigenvalue weighted by Gasteiger charge is -2.23. The van der Waals surface area contributed by atoms with Gasteiger partial charge in [-0.1, -0.05) is 69.2 Å². The first kappa shape index (κ1) is 72.1. The van der Waals surface area contributed by atoms with Crippen LogP contribution in [0.4, 0.5) is 0 Å². The van der Waals surface area contributed by atoms with Crippen LogP contribution < -0.4 is 16.0 Å². The zero-order chi connectivity index (χ0) is 54.7. The minimum atomic E-state index is -1.04. The second kappa shape index (κ2) is 46.6. The van der Waals surface area contributed by atoms with Gasteiger partial charge in [0, 0.05) is 73.8 Å². The summed E-state index contributed by atoms with van der Waals surface area (Å²) in [6, 6.07) is -1.14. The van der Waals surface area contributed by atoms with Crippen molar-refractivity contribution >= 4 is 70.5 Å². The van der Waals surface area contributed by atoms with Crippen molar-refractivity contribution in [3.05, 3.63) is 0 Å². The van der Waals surface area contributed by atoms with Crippen molar-refractivity contribution in [1.29, 1.82) is 0 Å². The molecule has 0 spiro atoms. The van der Waals surface area contributed by atoms with Crippen molar-refractivity contribution in [3.63, 3.8) is 0 Å². The number of carbonyl (C=O) groups excluding carboxylic acids is 6. The van der Waals surface area contributed by atoms with Crippen molar-refractivity contribution in [3.8, 4) is 0 Å². The summed E-state index contributed by atoms with van der Waals surface area (Å²) in [5.41, 5.74) is 0. The van der Waals surface area contributed by atoms with Crippen LogP contribution in [0.15, 0.2) is 0 Å². The highest BCUT2D eigenvalue weighted by Gasteiger charge is 2.25. The van der Waals surface area contributed by atoms with Crippen LogP contribution in [0.3, 0.4) is 0 Å². The minimum Gasteiger partial charge on any atom is -0.481 e. The molecule has 0 aromatic heterocycles. The molecule has 5 N–H and O–H groups in total. The van der Waals surface area contributed by atoms with E-state index < -0.39 is 29.9 Å². The van der Waals surface area contributed by atoms with Crippen LogP contribution in [0.5, 0.6) is 0 Å². The Labute approximate surface area is 433 Å². The monoisotopic (exact) mass is 1060 g/mol. The normalized spacial score (nSPS) is 12.5. The van der Waals surface area contributed by atoms with E-state index in [2.05, 4.69) is 16.0 Å². The fourth-order valence-corrected chi connectivity index (χ4v) is 6.79. The van der Waals surface area contributed by atoms with E-state index in [0.717, 1.165) is 0 Å². The highest BCUT2D eigenvalue weighted by molar-refractivity contribution is 8.00. The van der Waals surface area contributed by atoms with Crippen molar-refractivity contribution in [1.82, 2.24) is 16.0 Å². The summed E-state index contributed by atoms with van der Waals surface area (Å²) in [6.45, 7) is 29.0. The maximum atomic E-state index is 12.0. The lowest BCUT2D eigenvalue weighted by Crippen LogP contribution is -2.44. The molecular weight excluding hydrogens is 963 g/mol. The van der Waals surface area contributed by atoms with E-state index in [4.69, 9.17) is 33.5 Å². The molecule has 3 unspecified atom stereocenters. The number of thioether (sulfide) groups is 2. The Balaban J connectivity index is -0.000000992. The SMILES string of the molecule is CC(C)NC(=O)CCOCCOCCC(=O)C(C)C.CC(C)SCC(NC(=O)CCOCCOCCC(=O)C(C)C)C(=O)O.CC(C)SCC(NC(=O)CCOCCOCCC(=O)C(C)C)C(C)C(=O)O. The highest BCUT2D eigenvalue weighted by atomic mass is 32.2. The van der Waals surface area contributed by atoms with Gasteiger partial charge in [-0.15, -0.1) is 0 Å². The summed E-state index contributed by atoms with van der Waals surface area (Å²) >= 11 is 3.11. The van der Waals surface area contributed by atoms with Gasteiger partial charge in [0.25, 0.3) is 0 Å². The van der Waals surface area contributed by atoms with Gasteiger partial charge < -0.3 is 54.6 Å². The number of carbonyl (C=O) groups is 8. The number of amides is 3. The number of rotatable bonds is 42. The minimum absolute atomic E-state index is 0.00144. The Kier molecular flexibility index (Phi) is 47.3. The van der Waals surface area contributed by atoms with E-state index in [1.54, 1.807) is 18.7 Å². The predicted octanol–water partition coefficient (Wildman–Crippen LogP) is 5.66. The second-order valence-electron chi connectivity index (χ2n) is 18.3. The molecule has 19 nitrogen and oxygen atoms in total. The zero-order valence-electron chi connectivity index (χ0n) is 45.3. The smallest absolute Gasteiger partial charge is 0.327 e. The standard InChI is InChI=1S/C19H35NO6S.C17H31NO6S.C14H27NO4/c1-13(2)17(21)6-8-25-10-11-26-9-7-18(22)20-16(12-27-14(3)4)15(5)19(23)24;1-12(2)15(19)5-7-23-9-10-24-8-6-16(20)18-14(17(21)22)11-25-13(3)4;1-11(2)13(16)5-7-18-9-10-19-8-6-14(17)15-12(3)4/h13-16H,6-12H2,1-5H3,(H,20,22)(H,23,24);12-14H,5-11H2,1-4H3,(H,18,20)(H,21,22);11-12H,5-10H2,1-4H3,(H,15,17). The zero-order valence-corrected chi connectivity index (χ0v) is 46.9. The summed E-state index contributed by atoms with van der Waals surface area (Å²) in [5.74, 6) is -1.62. The molecule has 0 fully saturated rings. The Bertz CT molecular complexity index is 1470. The van der Waals surface area contributed by atoms with Crippen LogP contribution in [0.1, 0.15) is 129 Å². The molecule has 0 aromatic carbocycles. The van der Waals surface area contributed by atoms with Gasteiger partial charge in [-0.25, -0.2) is 4.79 Å². The Morgan fingerprint density at radius 1 is 0.380 bits per heavy atom. The molecule has 21 heteroatoms. The van der Waals surface area contributed by atoms with Gasteiger partial charge in [0.15, 0.2) is 0 Å². The van der Waals surface area contributed by atoms with Crippen molar-refractivity contribution in [2.24, 2.45) is 23.7 Å². The van der Waals surface area contributed by atoms with Crippen LogP contribution in [-0.4, -0.2) is 177 Å². The van der Waals surface area contributed by atoms with Gasteiger partial charge >= 0.3 is 11.9 Å². The Morgan fingerprint density at radius 2 is 0.676 bits per heavy atom. The molecule has 0 aliphatic heterocycles. The molecule has 0 rings (SSSR count).